The molecule has 9 heteroatoms. The molecular weight excluding hydrogens is 324 g/mol. The van der Waals surface area contributed by atoms with Gasteiger partial charge >= 0.3 is 0 Å². The molecule has 0 aromatic carbocycles. The Morgan fingerprint density at radius 3 is 1.60 bits per heavy atom. The Morgan fingerprint density at radius 1 is 0.720 bits per heavy atom. The van der Waals surface area contributed by atoms with Gasteiger partial charge in [-0.25, -0.2) is 0 Å². The van der Waals surface area contributed by atoms with Crippen molar-refractivity contribution in [2.75, 3.05) is 52.4 Å². The number of carbonyl (C=O) groups excluding carboxylic acids is 3. The van der Waals surface area contributed by atoms with Gasteiger partial charge in [-0.3, -0.25) is 14.4 Å². The minimum absolute atomic E-state index is 0.0174. The summed E-state index contributed by atoms with van der Waals surface area (Å²) in [6, 6.07) is 0. The number of hydrogen-bond donors (Lipinski definition) is 5. The molecule has 146 valence electrons. The zero-order valence-electron chi connectivity index (χ0n) is 15.3. The number of nitrogens with zero attached hydrogens (tertiary/aromatic N) is 1. The molecule has 0 bridgehead atoms. The van der Waals surface area contributed by atoms with Gasteiger partial charge in [0.15, 0.2) is 0 Å². The number of rotatable bonds is 15. The standard InChI is InChI=1S/C16H34N6O3/c1-2-3-14(23)21-10-13-22(11-4-15(24)19-8-6-17)12-5-16(25)20-9-7-18/h2-13,17-18H2,1H3,(H,19,24)(H,20,25)(H,21,23). The smallest absolute Gasteiger partial charge is 0.221 e. The third-order valence-corrected chi connectivity index (χ3v) is 3.47. The van der Waals surface area contributed by atoms with Crippen molar-refractivity contribution in [1.29, 1.82) is 0 Å². The van der Waals surface area contributed by atoms with Crippen LogP contribution in [0.1, 0.15) is 32.6 Å². The summed E-state index contributed by atoms with van der Waals surface area (Å²) in [6.45, 7) is 5.78. The molecule has 9 nitrogen and oxygen atoms in total. The maximum Gasteiger partial charge on any atom is 0.221 e. The van der Waals surface area contributed by atoms with E-state index in [1.165, 1.54) is 0 Å². The van der Waals surface area contributed by atoms with E-state index >= 15 is 0 Å². The molecule has 0 aliphatic rings. The van der Waals surface area contributed by atoms with Crippen molar-refractivity contribution in [3.8, 4) is 0 Å². The monoisotopic (exact) mass is 358 g/mol. The van der Waals surface area contributed by atoms with Gasteiger partial charge in [-0.1, -0.05) is 6.92 Å². The van der Waals surface area contributed by atoms with E-state index in [0.29, 0.717) is 71.6 Å². The zero-order valence-corrected chi connectivity index (χ0v) is 15.3. The largest absolute Gasteiger partial charge is 0.355 e. The van der Waals surface area contributed by atoms with Crippen molar-refractivity contribution in [3.05, 3.63) is 0 Å². The van der Waals surface area contributed by atoms with Crippen molar-refractivity contribution in [2.45, 2.75) is 32.6 Å². The van der Waals surface area contributed by atoms with Crippen LogP contribution in [-0.4, -0.2) is 75.0 Å². The Hall–Kier alpha value is -1.71. The summed E-state index contributed by atoms with van der Waals surface area (Å²) >= 11 is 0. The first kappa shape index (κ1) is 23.3. The first-order chi connectivity index (χ1) is 12.0. The molecule has 0 saturated carbocycles. The Kier molecular flexibility index (Phi) is 14.7. The third kappa shape index (κ3) is 14.3. The highest BCUT2D eigenvalue weighted by atomic mass is 16.2. The van der Waals surface area contributed by atoms with Gasteiger partial charge in [0.25, 0.3) is 0 Å². The Labute approximate surface area is 150 Å². The molecule has 0 spiro atoms. The lowest BCUT2D eigenvalue weighted by Crippen LogP contribution is -2.39. The highest BCUT2D eigenvalue weighted by molar-refractivity contribution is 5.77. The fourth-order valence-corrected chi connectivity index (χ4v) is 2.12. The maximum atomic E-state index is 11.7. The molecule has 0 aromatic rings. The number of amides is 3. The quantitative estimate of drug-likeness (QED) is 0.232. The first-order valence-electron chi connectivity index (χ1n) is 8.96. The van der Waals surface area contributed by atoms with Crippen LogP contribution in [0.15, 0.2) is 0 Å². The van der Waals surface area contributed by atoms with E-state index in [1.54, 1.807) is 0 Å². The second-order valence-electron chi connectivity index (χ2n) is 5.72. The molecule has 0 saturated heterocycles. The van der Waals surface area contributed by atoms with Crippen LogP contribution in [0, 0.1) is 0 Å². The van der Waals surface area contributed by atoms with Crippen LogP contribution in [0.4, 0.5) is 0 Å². The average molecular weight is 358 g/mol. The van der Waals surface area contributed by atoms with Gasteiger partial charge in [-0.15, -0.1) is 0 Å². The Bertz CT molecular complexity index is 368. The lowest BCUT2D eigenvalue weighted by atomic mass is 10.3. The van der Waals surface area contributed by atoms with Gasteiger partial charge in [-0.05, 0) is 6.42 Å². The number of hydrogen-bond acceptors (Lipinski definition) is 6. The molecule has 25 heavy (non-hydrogen) atoms. The van der Waals surface area contributed by atoms with Crippen molar-refractivity contribution in [3.63, 3.8) is 0 Å². The molecule has 0 unspecified atom stereocenters. The Morgan fingerprint density at radius 2 is 1.16 bits per heavy atom. The summed E-state index contributed by atoms with van der Waals surface area (Å²) in [7, 11) is 0. The molecule has 0 atom stereocenters. The van der Waals surface area contributed by atoms with Gasteiger partial charge in [-0.2, -0.15) is 0 Å². The van der Waals surface area contributed by atoms with Crippen LogP contribution in [0.2, 0.25) is 0 Å². The van der Waals surface area contributed by atoms with Crippen molar-refractivity contribution < 1.29 is 14.4 Å². The van der Waals surface area contributed by atoms with Crippen molar-refractivity contribution in [1.82, 2.24) is 20.9 Å². The minimum atomic E-state index is -0.0712. The van der Waals surface area contributed by atoms with Gasteiger partial charge in [0.1, 0.15) is 0 Å². The molecule has 7 N–H and O–H groups in total. The van der Waals surface area contributed by atoms with Gasteiger partial charge in [0.2, 0.25) is 17.7 Å². The van der Waals surface area contributed by atoms with E-state index in [0.717, 1.165) is 6.42 Å². The Balaban J connectivity index is 4.26. The molecule has 3 amide bonds. The molecular formula is C16H34N6O3. The summed E-state index contributed by atoms with van der Waals surface area (Å²) < 4.78 is 0. The van der Waals surface area contributed by atoms with Gasteiger partial charge in [0, 0.05) is 71.6 Å². The number of carbonyl (C=O) groups is 3. The highest BCUT2D eigenvalue weighted by Crippen LogP contribution is 1.95. The topological polar surface area (TPSA) is 143 Å². The predicted octanol–water partition coefficient (Wildman–Crippen LogP) is -1.87. The van der Waals surface area contributed by atoms with Gasteiger partial charge in [0.05, 0.1) is 0 Å². The third-order valence-electron chi connectivity index (χ3n) is 3.47. The van der Waals surface area contributed by atoms with Gasteiger partial charge < -0.3 is 32.3 Å². The molecule has 0 radical (unpaired) electrons. The molecule has 0 aromatic heterocycles. The summed E-state index contributed by atoms with van der Waals surface area (Å²) in [6.07, 6.45) is 1.96. The van der Waals surface area contributed by atoms with E-state index in [4.69, 9.17) is 11.5 Å². The van der Waals surface area contributed by atoms with Crippen LogP contribution in [0.25, 0.3) is 0 Å². The molecule has 0 rings (SSSR count). The molecule has 0 aliphatic heterocycles. The maximum absolute atomic E-state index is 11.7. The SMILES string of the molecule is CCCC(=O)NCCN(CCC(=O)NCCN)CCC(=O)NCCN. The predicted molar refractivity (Wildman–Crippen MR) is 97.7 cm³/mol. The van der Waals surface area contributed by atoms with E-state index in [1.807, 2.05) is 11.8 Å². The normalized spacial score (nSPS) is 10.6. The second-order valence-corrected chi connectivity index (χ2v) is 5.72. The molecule has 0 fully saturated rings. The zero-order chi connectivity index (χ0) is 18.9. The lowest BCUT2D eigenvalue weighted by molar-refractivity contribution is -0.123. The highest BCUT2D eigenvalue weighted by Gasteiger charge is 2.11. The number of nitrogens with one attached hydrogen (secondary N) is 3. The van der Waals surface area contributed by atoms with Crippen LogP contribution >= 0.6 is 0 Å². The van der Waals surface area contributed by atoms with Crippen molar-refractivity contribution >= 4 is 17.7 Å². The molecule has 0 heterocycles. The summed E-state index contributed by atoms with van der Waals surface area (Å²) in [5, 5.41) is 8.28. The second kappa shape index (κ2) is 15.8. The average Bonchev–Trinajstić information content (AvgIpc) is 2.60. The summed E-state index contributed by atoms with van der Waals surface area (Å²) in [4.78, 5) is 36.9. The van der Waals surface area contributed by atoms with E-state index < -0.39 is 0 Å². The first-order valence-corrected chi connectivity index (χ1v) is 8.96. The fourth-order valence-electron chi connectivity index (χ4n) is 2.12. The minimum Gasteiger partial charge on any atom is -0.355 e. The summed E-state index contributed by atoms with van der Waals surface area (Å²) in [5.41, 5.74) is 10.7. The fraction of sp³-hybridized carbons (Fsp3) is 0.812. The molecule has 0 aliphatic carbocycles. The summed E-state index contributed by atoms with van der Waals surface area (Å²) in [5.74, 6) is -0.125. The van der Waals surface area contributed by atoms with Crippen LogP contribution in [0.3, 0.4) is 0 Å². The van der Waals surface area contributed by atoms with Crippen LogP contribution in [-0.2, 0) is 14.4 Å². The van der Waals surface area contributed by atoms with Crippen LogP contribution < -0.4 is 27.4 Å². The van der Waals surface area contributed by atoms with Crippen molar-refractivity contribution in [2.24, 2.45) is 11.5 Å². The van der Waals surface area contributed by atoms with E-state index in [2.05, 4.69) is 16.0 Å². The lowest BCUT2D eigenvalue weighted by Gasteiger charge is -2.22. The van der Waals surface area contributed by atoms with Crippen LogP contribution in [0.5, 0.6) is 0 Å². The van der Waals surface area contributed by atoms with E-state index in [9.17, 15) is 14.4 Å². The number of nitrogens with two attached hydrogens (primary N) is 2. The van der Waals surface area contributed by atoms with E-state index in [-0.39, 0.29) is 17.7 Å².